The first-order valence-electron chi connectivity index (χ1n) is 7.29. The molecule has 2 aromatic rings. The van der Waals surface area contributed by atoms with Crippen molar-refractivity contribution in [1.29, 1.82) is 0 Å². The van der Waals surface area contributed by atoms with E-state index >= 15 is 0 Å². The van der Waals surface area contributed by atoms with Gasteiger partial charge in [0.15, 0.2) is 0 Å². The third-order valence-electron chi connectivity index (χ3n) is 3.50. The van der Waals surface area contributed by atoms with Crippen molar-refractivity contribution in [3.8, 4) is 11.5 Å². The van der Waals surface area contributed by atoms with Crippen LogP contribution in [0.5, 0.6) is 11.5 Å². The molecule has 1 atom stereocenters. The van der Waals surface area contributed by atoms with E-state index in [1.54, 1.807) is 30.3 Å². The molecule has 134 valence electrons. The molecule has 5 nitrogen and oxygen atoms in total. The van der Waals surface area contributed by atoms with E-state index in [1.165, 1.54) is 14.2 Å². The van der Waals surface area contributed by atoms with Gasteiger partial charge in [-0.3, -0.25) is 0 Å². The van der Waals surface area contributed by atoms with Crippen LogP contribution in [0.1, 0.15) is 18.5 Å². The third kappa shape index (κ3) is 4.84. The number of hydrogen-bond donors (Lipinski definition) is 2. The Morgan fingerprint density at radius 2 is 1.68 bits per heavy atom. The van der Waals surface area contributed by atoms with Crippen molar-refractivity contribution in [1.82, 2.24) is 5.32 Å². The molecule has 8 heteroatoms. The average Bonchev–Trinajstić information content (AvgIpc) is 2.54. The van der Waals surface area contributed by atoms with Crippen LogP contribution in [-0.4, -0.2) is 20.3 Å². The second-order valence-corrected chi connectivity index (χ2v) is 6.42. The van der Waals surface area contributed by atoms with Crippen molar-refractivity contribution < 1.29 is 14.3 Å². The van der Waals surface area contributed by atoms with Crippen LogP contribution in [0.25, 0.3) is 0 Å². The number of nitrogens with one attached hydrogen (secondary N) is 2. The number of hydrogen-bond acceptors (Lipinski definition) is 3. The molecule has 25 heavy (non-hydrogen) atoms. The Hall–Kier alpha value is -1.82. The maximum atomic E-state index is 12.3. The number of amides is 2. The normalized spacial score (nSPS) is 11.6. The molecule has 0 radical (unpaired) electrons. The number of halogens is 3. The van der Waals surface area contributed by atoms with Crippen LogP contribution in [0.2, 0.25) is 15.1 Å². The zero-order valence-corrected chi connectivity index (χ0v) is 16.1. The Labute approximate surface area is 161 Å². The Kier molecular flexibility index (Phi) is 6.64. The molecule has 0 saturated carbocycles. The maximum Gasteiger partial charge on any atom is 0.319 e. The summed E-state index contributed by atoms with van der Waals surface area (Å²) >= 11 is 18.1. The molecule has 2 amide bonds. The molecule has 0 aliphatic carbocycles. The van der Waals surface area contributed by atoms with Gasteiger partial charge in [-0.15, -0.1) is 0 Å². The summed E-state index contributed by atoms with van der Waals surface area (Å²) in [5, 5.41) is 6.86. The van der Waals surface area contributed by atoms with Gasteiger partial charge >= 0.3 is 6.03 Å². The van der Waals surface area contributed by atoms with Gasteiger partial charge in [-0.2, -0.15) is 0 Å². The summed E-state index contributed by atoms with van der Waals surface area (Å²) in [6.07, 6.45) is 0. The van der Waals surface area contributed by atoms with Crippen molar-refractivity contribution in [2.24, 2.45) is 0 Å². The fourth-order valence-corrected chi connectivity index (χ4v) is 3.06. The minimum atomic E-state index is -0.432. The molecule has 0 fully saturated rings. The van der Waals surface area contributed by atoms with Gasteiger partial charge in [0.05, 0.1) is 31.0 Å². The third-order valence-corrected chi connectivity index (χ3v) is 4.36. The van der Waals surface area contributed by atoms with E-state index in [9.17, 15) is 4.79 Å². The molecule has 0 aliphatic rings. The van der Waals surface area contributed by atoms with Crippen molar-refractivity contribution in [2.75, 3.05) is 19.5 Å². The highest BCUT2D eigenvalue weighted by Crippen LogP contribution is 2.36. The number of ether oxygens (including phenoxy) is 2. The number of anilines is 1. The highest BCUT2D eigenvalue weighted by atomic mass is 35.5. The van der Waals surface area contributed by atoms with Crippen molar-refractivity contribution in [2.45, 2.75) is 13.0 Å². The lowest BCUT2D eigenvalue weighted by molar-refractivity contribution is 0.249. The Balaban J connectivity index is 2.13. The molecular weight excluding hydrogens is 387 g/mol. The van der Waals surface area contributed by atoms with E-state index in [0.29, 0.717) is 32.3 Å². The van der Waals surface area contributed by atoms with E-state index in [2.05, 4.69) is 10.6 Å². The van der Waals surface area contributed by atoms with Gasteiger partial charge in [0, 0.05) is 16.1 Å². The van der Waals surface area contributed by atoms with Crippen molar-refractivity contribution in [3.05, 3.63) is 51.0 Å². The number of carbonyl (C=O) groups is 1. The topological polar surface area (TPSA) is 59.6 Å². The molecule has 0 spiro atoms. The monoisotopic (exact) mass is 402 g/mol. The molecule has 0 saturated heterocycles. The summed E-state index contributed by atoms with van der Waals surface area (Å²) in [5.41, 5.74) is 1.17. The van der Waals surface area contributed by atoms with Gasteiger partial charge < -0.3 is 20.1 Å². The van der Waals surface area contributed by atoms with Gasteiger partial charge in [0.25, 0.3) is 0 Å². The van der Waals surface area contributed by atoms with Crippen LogP contribution in [0.15, 0.2) is 30.3 Å². The van der Waals surface area contributed by atoms with E-state index in [1.807, 2.05) is 6.92 Å². The van der Waals surface area contributed by atoms with E-state index in [-0.39, 0.29) is 6.04 Å². The van der Waals surface area contributed by atoms with Crippen molar-refractivity contribution >= 4 is 46.5 Å². The number of benzene rings is 2. The van der Waals surface area contributed by atoms with Crippen LogP contribution >= 0.6 is 34.8 Å². The first-order valence-corrected chi connectivity index (χ1v) is 8.43. The molecule has 0 bridgehead atoms. The van der Waals surface area contributed by atoms with Gasteiger partial charge in [0.2, 0.25) is 0 Å². The first-order chi connectivity index (χ1) is 11.8. The van der Waals surface area contributed by atoms with Crippen LogP contribution in [0.4, 0.5) is 10.5 Å². The smallest absolute Gasteiger partial charge is 0.319 e. The Morgan fingerprint density at radius 1 is 1.00 bits per heavy atom. The van der Waals surface area contributed by atoms with E-state index in [0.717, 1.165) is 5.56 Å². The predicted octanol–water partition coefficient (Wildman–Crippen LogP) is 5.55. The molecule has 1 unspecified atom stereocenters. The average molecular weight is 404 g/mol. The fourth-order valence-electron chi connectivity index (χ4n) is 2.24. The number of urea groups is 1. The minimum absolute atomic E-state index is 0.329. The summed E-state index contributed by atoms with van der Waals surface area (Å²) in [4.78, 5) is 12.3. The quantitative estimate of drug-likeness (QED) is 0.688. The molecule has 2 N–H and O–H groups in total. The van der Waals surface area contributed by atoms with E-state index in [4.69, 9.17) is 44.3 Å². The van der Waals surface area contributed by atoms with Crippen LogP contribution in [0, 0.1) is 0 Å². The summed E-state index contributed by atoms with van der Waals surface area (Å²) < 4.78 is 10.4. The summed E-state index contributed by atoms with van der Waals surface area (Å²) in [5.74, 6) is 0.874. The zero-order chi connectivity index (χ0) is 18.6. The predicted molar refractivity (Wildman–Crippen MR) is 102 cm³/mol. The number of carbonyl (C=O) groups excluding carboxylic acids is 1. The zero-order valence-electron chi connectivity index (χ0n) is 13.8. The Bertz CT molecular complexity index is 784. The second-order valence-electron chi connectivity index (χ2n) is 5.17. The largest absolute Gasteiger partial charge is 0.495 e. The van der Waals surface area contributed by atoms with Crippen molar-refractivity contribution in [3.63, 3.8) is 0 Å². The Morgan fingerprint density at radius 3 is 2.28 bits per heavy atom. The lowest BCUT2D eigenvalue weighted by atomic mass is 10.1. The number of methoxy groups -OCH3 is 2. The van der Waals surface area contributed by atoms with Crippen LogP contribution < -0.4 is 20.1 Å². The summed E-state index contributed by atoms with van der Waals surface area (Å²) in [6, 6.07) is 7.49. The van der Waals surface area contributed by atoms with Crippen LogP contribution in [0.3, 0.4) is 0 Å². The highest BCUT2D eigenvalue weighted by molar-refractivity contribution is 6.35. The standard InChI is InChI=1S/C17H17Cl3N2O3/c1-9(11-5-4-10(18)6-12(11)19)21-17(23)22-14-7-13(20)15(24-2)8-16(14)25-3/h4-9H,1-3H3,(H2,21,22,23). The number of rotatable bonds is 5. The molecule has 0 aromatic heterocycles. The lowest BCUT2D eigenvalue weighted by Crippen LogP contribution is -2.31. The SMILES string of the molecule is COc1cc(OC)c(NC(=O)NC(C)c2ccc(Cl)cc2Cl)cc1Cl. The molecule has 0 aliphatic heterocycles. The minimum Gasteiger partial charge on any atom is -0.495 e. The first kappa shape index (κ1) is 19.5. The van der Waals surface area contributed by atoms with Crippen LogP contribution in [-0.2, 0) is 0 Å². The molecule has 2 aromatic carbocycles. The van der Waals surface area contributed by atoms with Gasteiger partial charge in [-0.05, 0) is 30.7 Å². The van der Waals surface area contributed by atoms with Gasteiger partial charge in [0.1, 0.15) is 11.5 Å². The maximum absolute atomic E-state index is 12.3. The van der Waals surface area contributed by atoms with Gasteiger partial charge in [-0.25, -0.2) is 4.79 Å². The summed E-state index contributed by atoms with van der Waals surface area (Å²) in [6.45, 7) is 1.81. The lowest BCUT2D eigenvalue weighted by Gasteiger charge is -2.18. The van der Waals surface area contributed by atoms with Gasteiger partial charge in [-0.1, -0.05) is 40.9 Å². The molecule has 0 heterocycles. The molecule has 2 rings (SSSR count). The summed E-state index contributed by atoms with van der Waals surface area (Å²) in [7, 11) is 2.99. The van der Waals surface area contributed by atoms with E-state index < -0.39 is 6.03 Å². The fraction of sp³-hybridized carbons (Fsp3) is 0.235. The second kappa shape index (κ2) is 8.52. The highest BCUT2D eigenvalue weighted by Gasteiger charge is 2.16. The molecular formula is C17H17Cl3N2O3.